The average Bonchev–Trinajstić information content (AvgIpc) is 3.38. The van der Waals surface area contributed by atoms with Crippen LogP contribution in [-0.2, 0) is 40.7 Å². The van der Waals surface area contributed by atoms with E-state index in [1.165, 1.54) is 24.3 Å². The summed E-state index contributed by atoms with van der Waals surface area (Å²) in [4.78, 5) is 24.3. The number of halogens is 1. The topological polar surface area (TPSA) is 192 Å². The molecule has 5 rings (SSSR count). The van der Waals surface area contributed by atoms with E-state index in [2.05, 4.69) is 0 Å². The predicted octanol–water partition coefficient (Wildman–Crippen LogP) is 5.01. The maximum atomic E-state index is 11.9. The Balaban J connectivity index is 1.54. The zero-order valence-electron chi connectivity index (χ0n) is 28.5. The van der Waals surface area contributed by atoms with Gasteiger partial charge in [-0.25, -0.2) is 0 Å². The maximum absolute atomic E-state index is 11.9. The molecule has 12 nitrogen and oxygen atoms in total. The minimum atomic E-state index is -4.48. The largest absolute Gasteiger partial charge is 0.550 e. The van der Waals surface area contributed by atoms with Crippen molar-refractivity contribution in [1.29, 1.82) is 0 Å². The molecule has 2 heterocycles. The fourth-order valence-electron chi connectivity index (χ4n) is 7.09. The van der Waals surface area contributed by atoms with Gasteiger partial charge in [0.2, 0.25) is 5.69 Å². The molecule has 2 aromatic rings. The van der Waals surface area contributed by atoms with Gasteiger partial charge in [-0.3, -0.25) is 13.9 Å². The lowest BCUT2D eigenvalue weighted by Gasteiger charge is -2.27. The van der Waals surface area contributed by atoms with Crippen molar-refractivity contribution in [1.82, 2.24) is 0 Å². The number of rotatable bonds is 11. The van der Waals surface area contributed by atoms with Gasteiger partial charge in [0.15, 0.2) is 12.3 Å². The molecule has 0 unspecified atom stereocenters. The van der Waals surface area contributed by atoms with Gasteiger partial charge in [0.25, 0.3) is 20.2 Å². The Bertz CT molecular complexity index is 2210. The third-order valence-electron chi connectivity index (χ3n) is 9.75. The van der Waals surface area contributed by atoms with Gasteiger partial charge < -0.3 is 19.9 Å². The molecule has 2 aliphatic heterocycles. The molecule has 2 aromatic carbocycles. The molecule has 0 spiro atoms. The molecular weight excluding hydrogens is 720 g/mol. The van der Waals surface area contributed by atoms with Crippen LogP contribution in [0, 0.1) is 0 Å². The van der Waals surface area contributed by atoms with Crippen LogP contribution in [0.3, 0.4) is 0 Å². The monoisotopic (exact) mass is 758 g/mol. The molecule has 0 atom stereocenters. The summed E-state index contributed by atoms with van der Waals surface area (Å²) in [5.74, 6) is -2.23. The van der Waals surface area contributed by atoms with Gasteiger partial charge in [0.1, 0.15) is 0 Å². The molecule has 1 aliphatic carbocycles. The fraction of sp³-hybridized carbons (Fsp3) is 0.361. The molecule has 0 saturated carbocycles. The van der Waals surface area contributed by atoms with Gasteiger partial charge in [0, 0.05) is 58.5 Å². The molecule has 3 aliphatic rings. The van der Waals surface area contributed by atoms with Crippen LogP contribution in [0.5, 0.6) is 0 Å². The summed E-state index contributed by atoms with van der Waals surface area (Å²) in [6.07, 6.45) is 9.06. The van der Waals surface area contributed by atoms with Crippen molar-refractivity contribution in [3.63, 3.8) is 0 Å². The number of hydrogen-bond acceptors (Lipinski definition) is 8. The van der Waals surface area contributed by atoms with E-state index in [0.717, 1.165) is 23.3 Å². The van der Waals surface area contributed by atoms with E-state index >= 15 is 0 Å². The summed E-state index contributed by atoms with van der Waals surface area (Å²) in [7, 11) is -8.95. The van der Waals surface area contributed by atoms with Gasteiger partial charge in [-0.05, 0) is 86.2 Å². The highest BCUT2D eigenvalue weighted by molar-refractivity contribution is 7.86. The summed E-state index contributed by atoms with van der Waals surface area (Å²) >= 11 is 7.00. The van der Waals surface area contributed by atoms with Crippen molar-refractivity contribution in [2.75, 3.05) is 18.0 Å². The van der Waals surface area contributed by atoms with Gasteiger partial charge in [-0.2, -0.15) is 21.4 Å². The number of hydrogen-bond donors (Lipinski definition) is 3. The Morgan fingerprint density at radius 3 is 2.14 bits per heavy atom. The Morgan fingerprint density at radius 1 is 0.902 bits per heavy atom. The van der Waals surface area contributed by atoms with E-state index in [1.54, 1.807) is 16.7 Å². The van der Waals surface area contributed by atoms with Crippen molar-refractivity contribution < 1.29 is 50.3 Å². The van der Waals surface area contributed by atoms with E-state index in [4.69, 9.17) is 11.6 Å². The highest BCUT2D eigenvalue weighted by Gasteiger charge is 2.45. The molecule has 0 aromatic heterocycles. The molecule has 0 radical (unpaired) electrons. The molecule has 0 fully saturated rings. The quantitative estimate of drug-likeness (QED) is 0.206. The Hall–Kier alpha value is -4.08. The third-order valence-corrected chi connectivity index (χ3v) is 11.9. The number of allylic oxidation sites excluding steroid dienone is 8. The fourth-order valence-corrected chi connectivity index (χ4v) is 8.42. The number of carboxylic acids is 2. The number of benzene rings is 2. The SMILES string of the molecule is CC1(C)C(/C=C/C2=C(Cl)C(=C/C=C3/N(CCC(=O)O)c4ccc(S(=O)(=O)O)cc4C3(C)C)/CCC2)=[N+](CCC(=O)[O-])c2ccc(S(=O)(=O)O)cc21. The molecule has 0 bridgehead atoms. The van der Waals surface area contributed by atoms with Gasteiger partial charge in [-0.15, -0.1) is 0 Å². The van der Waals surface area contributed by atoms with E-state index in [-0.39, 0.29) is 35.7 Å². The second-order valence-electron chi connectivity index (χ2n) is 13.8. The van der Waals surface area contributed by atoms with Gasteiger partial charge in [-0.1, -0.05) is 37.6 Å². The Labute approximate surface area is 302 Å². The summed E-state index contributed by atoms with van der Waals surface area (Å²) in [5.41, 5.74) is 3.99. The number of fused-ring (bicyclic) bond motifs is 2. The molecule has 272 valence electrons. The highest BCUT2D eigenvalue weighted by Crippen LogP contribution is 2.49. The Morgan fingerprint density at radius 2 is 1.53 bits per heavy atom. The predicted molar refractivity (Wildman–Crippen MR) is 190 cm³/mol. The standard InChI is InChI=1S/C36H39ClN2O10S2/c1-35(2)26-20-24(50(44,45)46)10-12-28(26)38(18-16-32(40)41)30(35)14-8-22-6-5-7-23(34(22)37)9-15-31-36(3,4)27-21-25(51(47,48)49)11-13-29(27)39(31)19-17-33(42)43/h8-15,20-21H,5-7,16-19H2,1-4H3,(H3-,40,41,42,43,44,45,46,47,48,49). The molecular formula is C36H39ClN2O10S2. The summed E-state index contributed by atoms with van der Waals surface area (Å²) in [6, 6.07) is 8.47. The number of carbonyl (C=O) groups is 2. The smallest absolute Gasteiger partial charge is 0.305 e. The lowest BCUT2D eigenvalue weighted by molar-refractivity contribution is -0.439. The van der Waals surface area contributed by atoms with Crippen LogP contribution in [0.1, 0.15) is 70.9 Å². The summed E-state index contributed by atoms with van der Waals surface area (Å²) < 4.78 is 68.9. The molecule has 15 heteroatoms. The molecule has 3 N–H and O–H groups in total. The van der Waals surface area contributed by atoms with E-state index in [9.17, 15) is 45.7 Å². The van der Waals surface area contributed by atoms with E-state index in [1.807, 2.05) is 56.9 Å². The van der Waals surface area contributed by atoms with E-state index in [0.29, 0.717) is 46.1 Å². The van der Waals surface area contributed by atoms with Crippen LogP contribution in [0.15, 0.2) is 92.4 Å². The molecule has 0 saturated heterocycles. The minimum absolute atomic E-state index is 0.0669. The van der Waals surface area contributed by atoms with Crippen LogP contribution in [-0.4, -0.2) is 66.4 Å². The van der Waals surface area contributed by atoms with Crippen LogP contribution in [0.25, 0.3) is 0 Å². The van der Waals surface area contributed by atoms with Gasteiger partial charge in [0.05, 0.1) is 21.6 Å². The van der Waals surface area contributed by atoms with Gasteiger partial charge >= 0.3 is 5.97 Å². The number of anilines is 1. The molecule has 0 amide bonds. The first kappa shape index (κ1) is 38.2. The van der Waals surface area contributed by atoms with E-state index < -0.39 is 43.0 Å². The van der Waals surface area contributed by atoms with Crippen LogP contribution in [0.2, 0.25) is 0 Å². The maximum Gasteiger partial charge on any atom is 0.305 e. The van der Waals surface area contributed by atoms with Crippen molar-refractivity contribution in [3.8, 4) is 0 Å². The zero-order valence-corrected chi connectivity index (χ0v) is 30.9. The number of nitrogens with zero attached hydrogens (tertiary/aromatic N) is 2. The lowest BCUT2D eigenvalue weighted by atomic mass is 9.81. The second kappa shape index (κ2) is 13.8. The van der Waals surface area contributed by atoms with Crippen molar-refractivity contribution in [3.05, 3.63) is 93.7 Å². The summed E-state index contributed by atoms with van der Waals surface area (Å²) in [6.45, 7) is 7.73. The highest BCUT2D eigenvalue weighted by atomic mass is 35.5. The summed E-state index contributed by atoms with van der Waals surface area (Å²) in [5, 5.41) is 21.4. The zero-order chi connectivity index (χ0) is 37.7. The van der Waals surface area contributed by atoms with Crippen LogP contribution >= 0.6 is 11.6 Å². The number of carboxylic acid groups (broad SMARTS) is 2. The molecule has 51 heavy (non-hydrogen) atoms. The first-order chi connectivity index (χ1) is 23.6. The first-order valence-electron chi connectivity index (χ1n) is 16.2. The first-order valence-corrected chi connectivity index (χ1v) is 19.5. The number of carbonyl (C=O) groups excluding carboxylic acids is 1. The normalized spacial score (nSPS) is 20.1. The number of aliphatic carboxylic acids is 2. The Kier molecular flexibility index (Phi) is 10.3. The van der Waals surface area contributed by atoms with Crippen molar-refractivity contribution in [2.24, 2.45) is 0 Å². The lowest BCUT2D eigenvalue weighted by Crippen LogP contribution is -2.30. The van der Waals surface area contributed by atoms with Crippen molar-refractivity contribution >= 4 is 60.9 Å². The minimum Gasteiger partial charge on any atom is -0.550 e. The average molecular weight is 759 g/mol. The van der Waals surface area contributed by atoms with Crippen molar-refractivity contribution in [2.45, 2.75) is 80.4 Å². The van der Waals surface area contributed by atoms with Crippen LogP contribution < -0.4 is 10.0 Å². The second-order valence-corrected chi connectivity index (χ2v) is 17.0. The third kappa shape index (κ3) is 7.61. The van der Waals surface area contributed by atoms with Crippen LogP contribution in [0.4, 0.5) is 11.4 Å².